The molecule has 0 aliphatic carbocycles. The Labute approximate surface area is 101 Å². The standard InChI is InChI=1S/C12H9F2N3O/c13-9-3-7-5-17(6-8(7)4-10(9)14)12(18)11-1-2-15-16-11/h1-4H,5-6H2,(H,15,16). The summed E-state index contributed by atoms with van der Waals surface area (Å²) in [6.45, 7) is 0.564. The van der Waals surface area contributed by atoms with Crippen molar-refractivity contribution >= 4 is 5.91 Å². The molecule has 92 valence electrons. The van der Waals surface area contributed by atoms with Crippen molar-refractivity contribution in [1.82, 2.24) is 15.1 Å². The van der Waals surface area contributed by atoms with Crippen LogP contribution in [0.25, 0.3) is 0 Å². The average molecular weight is 249 g/mol. The van der Waals surface area contributed by atoms with E-state index in [9.17, 15) is 13.6 Å². The third-order valence-corrected chi connectivity index (χ3v) is 2.98. The fourth-order valence-corrected chi connectivity index (χ4v) is 2.08. The van der Waals surface area contributed by atoms with Gasteiger partial charge in [0.2, 0.25) is 0 Å². The van der Waals surface area contributed by atoms with Crippen LogP contribution in [0.3, 0.4) is 0 Å². The van der Waals surface area contributed by atoms with Crippen molar-refractivity contribution < 1.29 is 13.6 Å². The lowest BCUT2D eigenvalue weighted by atomic mass is 10.1. The predicted octanol–water partition coefficient (Wildman–Crippen LogP) is 1.84. The normalized spacial score (nSPS) is 13.8. The lowest BCUT2D eigenvalue weighted by Gasteiger charge is -2.13. The SMILES string of the molecule is O=C(c1ccn[nH]1)N1Cc2cc(F)c(F)cc2C1. The van der Waals surface area contributed by atoms with Crippen LogP contribution < -0.4 is 0 Å². The number of rotatable bonds is 1. The maximum atomic E-state index is 13.1. The summed E-state index contributed by atoms with van der Waals surface area (Å²) in [4.78, 5) is 13.5. The van der Waals surface area contributed by atoms with Gasteiger partial charge in [0.25, 0.3) is 5.91 Å². The number of aromatic amines is 1. The maximum absolute atomic E-state index is 13.1. The van der Waals surface area contributed by atoms with Crippen molar-refractivity contribution in [3.63, 3.8) is 0 Å². The Balaban J connectivity index is 1.87. The van der Waals surface area contributed by atoms with Gasteiger partial charge in [-0.05, 0) is 29.3 Å². The molecule has 0 bridgehead atoms. The molecule has 0 unspecified atom stereocenters. The predicted molar refractivity (Wildman–Crippen MR) is 58.5 cm³/mol. The molecule has 3 rings (SSSR count). The molecule has 2 aromatic rings. The van der Waals surface area contributed by atoms with Crippen LogP contribution in [0, 0.1) is 11.6 Å². The zero-order valence-electron chi connectivity index (χ0n) is 9.28. The first-order valence-corrected chi connectivity index (χ1v) is 5.40. The van der Waals surface area contributed by atoms with Crippen molar-refractivity contribution in [2.75, 3.05) is 0 Å². The van der Waals surface area contributed by atoms with Crippen LogP contribution >= 0.6 is 0 Å². The number of aromatic nitrogens is 2. The topological polar surface area (TPSA) is 49.0 Å². The van der Waals surface area contributed by atoms with E-state index >= 15 is 0 Å². The number of carbonyl (C=O) groups excluding carboxylic acids is 1. The van der Waals surface area contributed by atoms with E-state index in [1.807, 2.05) is 0 Å². The Morgan fingerprint density at radius 2 is 1.83 bits per heavy atom. The minimum atomic E-state index is -0.885. The van der Waals surface area contributed by atoms with Crippen LogP contribution in [0.15, 0.2) is 24.4 Å². The number of hydrogen-bond donors (Lipinski definition) is 1. The Bertz CT molecular complexity index is 579. The van der Waals surface area contributed by atoms with Gasteiger partial charge in [0, 0.05) is 19.3 Å². The van der Waals surface area contributed by atoms with Crippen molar-refractivity contribution in [3.05, 3.63) is 52.9 Å². The molecule has 0 atom stereocenters. The van der Waals surface area contributed by atoms with Crippen LogP contribution in [0.4, 0.5) is 8.78 Å². The van der Waals surface area contributed by atoms with Gasteiger partial charge in [-0.15, -0.1) is 0 Å². The molecule has 1 aromatic heterocycles. The van der Waals surface area contributed by atoms with Gasteiger partial charge in [0.05, 0.1) is 0 Å². The van der Waals surface area contributed by atoms with E-state index in [1.54, 1.807) is 6.07 Å². The molecule has 0 fully saturated rings. The Hall–Kier alpha value is -2.24. The number of halogens is 2. The van der Waals surface area contributed by atoms with E-state index in [0.717, 1.165) is 12.1 Å². The molecule has 1 aliphatic heterocycles. The molecular formula is C12H9F2N3O. The second-order valence-electron chi connectivity index (χ2n) is 4.17. The molecule has 0 saturated carbocycles. The van der Waals surface area contributed by atoms with Gasteiger partial charge in [0.1, 0.15) is 5.69 Å². The second-order valence-corrected chi connectivity index (χ2v) is 4.17. The summed E-state index contributed by atoms with van der Waals surface area (Å²) in [5, 5.41) is 6.27. The van der Waals surface area contributed by atoms with E-state index < -0.39 is 11.6 Å². The van der Waals surface area contributed by atoms with Gasteiger partial charge in [-0.1, -0.05) is 0 Å². The summed E-state index contributed by atoms with van der Waals surface area (Å²) >= 11 is 0. The minimum absolute atomic E-state index is 0.232. The summed E-state index contributed by atoms with van der Waals surface area (Å²) in [6, 6.07) is 3.85. The first-order valence-electron chi connectivity index (χ1n) is 5.40. The number of fused-ring (bicyclic) bond motifs is 1. The van der Waals surface area contributed by atoms with Crippen molar-refractivity contribution in [2.45, 2.75) is 13.1 Å². The van der Waals surface area contributed by atoms with Gasteiger partial charge in [-0.2, -0.15) is 5.10 Å². The molecule has 4 nitrogen and oxygen atoms in total. The second kappa shape index (κ2) is 3.90. The van der Waals surface area contributed by atoms with E-state index in [4.69, 9.17) is 0 Å². The molecule has 1 amide bonds. The molecular weight excluding hydrogens is 240 g/mol. The number of H-pyrrole nitrogens is 1. The van der Waals surface area contributed by atoms with Gasteiger partial charge >= 0.3 is 0 Å². The minimum Gasteiger partial charge on any atom is -0.329 e. The monoisotopic (exact) mass is 249 g/mol. The van der Waals surface area contributed by atoms with Crippen LogP contribution in [-0.4, -0.2) is 21.0 Å². The fourth-order valence-electron chi connectivity index (χ4n) is 2.08. The van der Waals surface area contributed by atoms with Gasteiger partial charge in [-0.25, -0.2) is 8.78 Å². The summed E-state index contributed by atoms with van der Waals surface area (Å²) in [5.74, 6) is -2.00. The zero-order valence-corrected chi connectivity index (χ0v) is 9.28. The molecule has 2 heterocycles. The molecule has 6 heteroatoms. The number of amides is 1. The number of carbonyl (C=O) groups is 1. The van der Waals surface area contributed by atoms with E-state index in [0.29, 0.717) is 16.8 Å². The summed E-state index contributed by atoms with van der Waals surface area (Å²) < 4.78 is 26.2. The smallest absolute Gasteiger partial charge is 0.272 e. The number of hydrogen-bond acceptors (Lipinski definition) is 2. The van der Waals surface area contributed by atoms with Crippen molar-refractivity contribution in [1.29, 1.82) is 0 Å². The van der Waals surface area contributed by atoms with Gasteiger partial charge in [-0.3, -0.25) is 9.89 Å². The average Bonchev–Trinajstić information content (AvgIpc) is 2.97. The molecule has 1 aromatic carbocycles. The van der Waals surface area contributed by atoms with Crippen LogP contribution in [0.2, 0.25) is 0 Å². The Morgan fingerprint density at radius 1 is 1.22 bits per heavy atom. The molecule has 0 spiro atoms. The maximum Gasteiger partial charge on any atom is 0.272 e. The van der Waals surface area contributed by atoms with Crippen LogP contribution in [-0.2, 0) is 13.1 Å². The Kier molecular flexibility index (Phi) is 2.36. The van der Waals surface area contributed by atoms with E-state index in [1.165, 1.54) is 11.1 Å². The zero-order chi connectivity index (χ0) is 12.7. The molecule has 1 aliphatic rings. The Morgan fingerprint density at radius 3 is 2.33 bits per heavy atom. The van der Waals surface area contributed by atoms with Crippen LogP contribution in [0.1, 0.15) is 21.6 Å². The quantitative estimate of drug-likeness (QED) is 0.838. The molecule has 18 heavy (non-hydrogen) atoms. The molecule has 1 N–H and O–H groups in total. The van der Waals surface area contributed by atoms with E-state index in [2.05, 4.69) is 10.2 Å². The number of benzene rings is 1. The van der Waals surface area contributed by atoms with Crippen molar-refractivity contribution in [2.24, 2.45) is 0 Å². The summed E-state index contributed by atoms with van der Waals surface area (Å²) in [7, 11) is 0. The highest BCUT2D eigenvalue weighted by molar-refractivity contribution is 5.92. The lowest BCUT2D eigenvalue weighted by Crippen LogP contribution is -2.25. The molecule has 0 saturated heterocycles. The summed E-state index contributed by atoms with van der Waals surface area (Å²) in [6.07, 6.45) is 1.48. The van der Waals surface area contributed by atoms with Crippen LogP contribution in [0.5, 0.6) is 0 Å². The molecule has 0 radical (unpaired) electrons. The highest BCUT2D eigenvalue weighted by Gasteiger charge is 2.26. The third kappa shape index (κ3) is 1.66. The number of nitrogens with zero attached hydrogens (tertiary/aromatic N) is 2. The fraction of sp³-hybridized carbons (Fsp3) is 0.167. The largest absolute Gasteiger partial charge is 0.329 e. The summed E-state index contributed by atoms with van der Waals surface area (Å²) in [5.41, 5.74) is 1.65. The highest BCUT2D eigenvalue weighted by Crippen LogP contribution is 2.26. The third-order valence-electron chi connectivity index (χ3n) is 2.98. The van der Waals surface area contributed by atoms with Crippen molar-refractivity contribution in [3.8, 4) is 0 Å². The number of nitrogens with one attached hydrogen (secondary N) is 1. The van der Waals surface area contributed by atoms with Gasteiger partial charge < -0.3 is 4.90 Å². The highest BCUT2D eigenvalue weighted by atomic mass is 19.2. The van der Waals surface area contributed by atoms with Gasteiger partial charge in [0.15, 0.2) is 11.6 Å². The first kappa shape index (κ1) is 10.9. The van der Waals surface area contributed by atoms with E-state index in [-0.39, 0.29) is 19.0 Å². The lowest BCUT2D eigenvalue weighted by molar-refractivity contribution is 0.0745. The first-order chi connectivity index (χ1) is 8.65.